The maximum Gasteiger partial charge on any atom is 0.269 e. The number of carbonyl (C=O) groups is 1. The van der Waals surface area contributed by atoms with Crippen molar-refractivity contribution in [3.05, 3.63) is 83.9 Å². The predicted octanol–water partition coefficient (Wildman–Crippen LogP) is 4.72. The van der Waals surface area contributed by atoms with Crippen LogP contribution in [0.25, 0.3) is 0 Å². The Morgan fingerprint density at radius 2 is 1.86 bits per heavy atom. The maximum absolute atomic E-state index is 12.9. The van der Waals surface area contributed by atoms with Gasteiger partial charge in [0.1, 0.15) is 17.3 Å². The van der Waals surface area contributed by atoms with Gasteiger partial charge in [-0.2, -0.15) is 0 Å². The quantitative estimate of drug-likeness (QED) is 0.581. The van der Waals surface area contributed by atoms with Gasteiger partial charge in [0.2, 0.25) is 0 Å². The summed E-state index contributed by atoms with van der Waals surface area (Å²) >= 11 is 0. The third-order valence-electron chi connectivity index (χ3n) is 4.13. The number of nitrogens with zero attached hydrogens (tertiary/aromatic N) is 1. The van der Waals surface area contributed by atoms with E-state index in [0.717, 1.165) is 22.7 Å². The number of ether oxygens (including phenoxy) is 1. The van der Waals surface area contributed by atoms with Gasteiger partial charge < -0.3 is 15.4 Å². The van der Waals surface area contributed by atoms with Crippen molar-refractivity contribution in [3.63, 3.8) is 0 Å². The zero-order valence-corrected chi connectivity index (χ0v) is 16.5. The van der Waals surface area contributed by atoms with E-state index in [2.05, 4.69) is 15.6 Å². The molecule has 0 radical (unpaired) electrons. The number of halogens is 1. The SMILES string of the molecule is CC(C)Oc1ccccc1Nc1ccnc(C(=O)NCCc2ccc(F)cc2)c1. The summed E-state index contributed by atoms with van der Waals surface area (Å²) in [6, 6.07) is 17.4. The Morgan fingerprint density at radius 1 is 1.10 bits per heavy atom. The molecule has 0 aliphatic heterocycles. The predicted molar refractivity (Wildman–Crippen MR) is 112 cm³/mol. The monoisotopic (exact) mass is 393 g/mol. The number of aromatic nitrogens is 1. The highest BCUT2D eigenvalue weighted by atomic mass is 19.1. The molecule has 1 heterocycles. The van der Waals surface area contributed by atoms with Gasteiger partial charge in [-0.1, -0.05) is 24.3 Å². The highest BCUT2D eigenvalue weighted by molar-refractivity contribution is 5.93. The van der Waals surface area contributed by atoms with Gasteiger partial charge in [-0.15, -0.1) is 0 Å². The first kappa shape index (κ1) is 20.3. The molecule has 0 unspecified atom stereocenters. The third kappa shape index (κ3) is 6.04. The van der Waals surface area contributed by atoms with Crippen molar-refractivity contribution in [1.29, 1.82) is 0 Å². The minimum atomic E-state index is -0.272. The molecule has 2 N–H and O–H groups in total. The number of rotatable bonds is 8. The van der Waals surface area contributed by atoms with Crippen LogP contribution in [0, 0.1) is 5.82 Å². The summed E-state index contributed by atoms with van der Waals surface area (Å²) in [5.74, 6) is 0.207. The molecule has 3 aromatic rings. The highest BCUT2D eigenvalue weighted by Gasteiger charge is 2.10. The Kier molecular flexibility index (Phi) is 6.79. The van der Waals surface area contributed by atoms with Gasteiger partial charge >= 0.3 is 0 Å². The van der Waals surface area contributed by atoms with Crippen LogP contribution in [0.4, 0.5) is 15.8 Å². The molecule has 0 aliphatic carbocycles. The molecule has 2 aromatic carbocycles. The van der Waals surface area contributed by atoms with E-state index in [1.165, 1.54) is 12.1 Å². The van der Waals surface area contributed by atoms with Gasteiger partial charge in [0.25, 0.3) is 5.91 Å². The molecule has 3 rings (SSSR count). The number of hydrogen-bond acceptors (Lipinski definition) is 4. The Bertz CT molecular complexity index is 958. The van der Waals surface area contributed by atoms with Crippen molar-refractivity contribution < 1.29 is 13.9 Å². The minimum Gasteiger partial charge on any atom is -0.489 e. The minimum absolute atomic E-state index is 0.0536. The molecule has 1 amide bonds. The number of pyridine rings is 1. The smallest absolute Gasteiger partial charge is 0.269 e. The van der Waals surface area contributed by atoms with Crippen molar-refractivity contribution in [1.82, 2.24) is 10.3 Å². The number of para-hydroxylation sites is 2. The highest BCUT2D eigenvalue weighted by Crippen LogP contribution is 2.28. The Hall–Kier alpha value is -3.41. The lowest BCUT2D eigenvalue weighted by Gasteiger charge is -2.15. The van der Waals surface area contributed by atoms with Crippen molar-refractivity contribution in [2.24, 2.45) is 0 Å². The number of amides is 1. The third-order valence-corrected chi connectivity index (χ3v) is 4.13. The van der Waals surface area contributed by atoms with E-state index < -0.39 is 0 Å². The van der Waals surface area contributed by atoms with Crippen molar-refractivity contribution in [3.8, 4) is 5.75 Å². The summed E-state index contributed by atoms with van der Waals surface area (Å²) in [5, 5.41) is 6.12. The second kappa shape index (κ2) is 9.68. The second-order valence-corrected chi connectivity index (χ2v) is 6.85. The van der Waals surface area contributed by atoms with Gasteiger partial charge in [0.15, 0.2) is 0 Å². The van der Waals surface area contributed by atoms with E-state index in [1.807, 2.05) is 38.1 Å². The van der Waals surface area contributed by atoms with E-state index in [-0.39, 0.29) is 17.8 Å². The Balaban J connectivity index is 1.62. The molecule has 0 fully saturated rings. The largest absolute Gasteiger partial charge is 0.489 e. The zero-order chi connectivity index (χ0) is 20.6. The molecular formula is C23H24FN3O2. The summed E-state index contributed by atoms with van der Waals surface area (Å²) in [7, 11) is 0. The van der Waals surface area contributed by atoms with Gasteiger partial charge in [-0.3, -0.25) is 9.78 Å². The summed E-state index contributed by atoms with van der Waals surface area (Å²) < 4.78 is 18.8. The first-order valence-corrected chi connectivity index (χ1v) is 9.52. The zero-order valence-electron chi connectivity index (χ0n) is 16.5. The number of carbonyl (C=O) groups excluding carboxylic acids is 1. The van der Waals surface area contributed by atoms with Crippen LogP contribution < -0.4 is 15.4 Å². The van der Waals surface area contributed by atoms with E-state index in [1.54, 1.807) is 30.5 Å². The molecule has 150 valence electrons. The molecule has 0 saturated heterocycles. The van der Waals surface area contributed by atoms with Crippen LogP contribution in [-0.4, -0.2) is 23.5 Å². The molecular weight excluding hydrogens is 369 g/mol. The fourth-order valence-electron chi connectivity index (χ4n) is 2.78. The van der Waals surface area contributed by atoms with Crippen LogP contribution in [0.2, 0.25) is 0 Å². The van der Waals surface area contributed by atoms with Crippen molar-refractivity contribution in [2.45, 2.75) is 26.4 Å². The van der Waals surface area contributed by atoms with Crippen molar-refractivity contribution >= 4 is 17.3 Å². The van der Waals surface area contributed by atoms with E-state index >= 15 is 0 Å². The van der Waals surface area contributed by atoms with E-state index in [0.29, 0.717) is 18.7 Å². The average molecular weight is 393 g/mol. The lowest BCUT2D eigenvalue weighted by molar-refractivity contribution is 0.0949. The summed E-state index contributed by atoms with van der Waals surface area (Å²) in [6.45, 7) is 4.38. The van der Waals surface area contributed by atoms with Gasteiger partial charge in [0, 0.05) is 18.4 Å². The molecule has 5 nitrogen and oxygen atoms in total. The van der Waals surface area contributed by atoms with Crippen LogP contribution in [-0.2, 0) is 6.42 Å². The van der Waals surface area contributed by atoms with Gasteiger partial charge in [-0.25, -0.2) is 4.39 Å². The number of hydrogen-bond donors (Lipinski definition) is 2. The average Bonchev–Trinajstić information content (AvgIpc) is 2.71. The van der Waals surface area contributed by atoms with E-state index in [4.69, 9.17) is 4.74 Å². The van der Waals surface area contributed by atoms with Crippen LogP contribution in [0.5, 0.6) is 5.75 Å². The van der Waals surface area contributed by atoms with Crippen LogP contribution in [0.3, 0.4) is 0 Å². The van der Waals surface area contributed by atoms with Crippen LogP contribution in [0.1, 0.15) is 29.9 Å². The van der Waals surface area contributed by atoms with Gasteiger partial charge in [0.05, 0.1) is 11.8 Å². The molecule has 0 spiro atoms. The summed E-state index contributed by atoms with van der Waals surface area (Å²) in [4.78, 5) is 16.6. The summed E-state index contributed by atoms with van der Waals surface area (Å²) in [6.07, 6.45) is 2.25. The Labute approximate surface area is 169 Å². The van der Waals surface area contributed by atoms with Crippen molar-refractivity contribution in [2.75, 3.05) is 11.9 Å². The molecule has 6 heteroatoms. The van der Waals surface area contributed by atoms with Crippen LogP contribution >= 0.6 is 0 Å². The lowest BCUT2D eigenvalue weighted by Crippen LogP contribution is -2.26. The molecule has 0 bridgehead atoms. The molecule has 29 heavy (non-hydrogen) atoms. The molecule has 0 saturated carbocycles. The van der Waals surface area contributed by atoms with E-state index in [9.17, 15) is 9.18 Å². The summed E-state index contributed by atoms with van der Waals surface area (Å²) in [5.41, 5.74) is 2.83. The standard InChI is InChI=1S/C23H24FN3O2/c1-16(2)29-22-6-4-3-5-20(22)27-19-12-14-25-21(15-19)23(28)26-13-11-17-7-9-18(24)10-8-17/h3-10,12,14-16H,11,13H2,1-2H3,(H,25,27)(H,26,28). The first-order valence-electron chi connectivity index (χ1n) is 9.52. The molecule has 0 atom stereocenters. The lowest BCUT2D eigenvalue weighted by atomic mass is 10.1. The Morgan fingerprint density at radius 3 is 2.62 bits per heavy atom. The van der Waals surface area contributed by atoms with Crippen LogP contribution in [0.15, 0.2) is 66.9 Å². The topological polar surface area (TPSA) is 63.2 Å². The number of anilines is 2. The number of nitrogens with one attached hydrogen (secondary N) is 2. The molecule has 1 aromatic heterocycles. The number of benzene rings is 2. The first-order chi connectivity index (χ1) is 14.0. The fourth-order valence-corrected chi connectivity index (χ4v) is 2.78. The second-order valence-electron chi connectivity index (χ2n) is 6.85. The molecule has 0 aliphatic rings. The maximum atomic E-state index is 12.9. The normalized spacial score (nSPS) is 10.6. The fraction of sp³-hybridized carbons (Fsp3) is 0.217. The van der Waals surface area contributed by atoms with Gasteiger partial charge in [-0.05, 0) is 62.2 Å².